The van der Waals surface area contributed by atoms with Crippen molar-refractivity contribution in [2.24, 2.45) is 0 Å². The molecule has 0 spiro atoms. The third-order valence-corrected chi connectivity index (χ3v) is 5.88. The highest BCUT2D eigenvalue weighted by atomic mass is 35.5. The molecule has 1 N–H and O–H groups in total. The van der Waals surface area contributed by atoms with Crippen LogP contribution in [0.2, 0.25) is 10.0 Å². The molecule has 0 aromatic heterocycles. The molecule has 2 unspecified atom stereocenters. The minimum absolute atomic E-state index is 0.570. The predicted molar refractivity (Wildman–Crippen MR) is 86.7 cm³/mol. The van der Waals surface area contributed by atoms with E-state index in [0.29, 0.717) is 11.3 Å². The van der Waals surface area contributed by atoms with Gasteiger partial charge in [-0.2, -0.15) is 0 Å². The van der Waals surface area contributed by atoms with Gasteiger partial charge in [-0.3, -0.25) is 0 Å². The smallest absolute Gasteiger partial charge is 0.0543 e. The van der Waals surface area contributed by atoms with Crippen molar-refractivity contribution < 1.29 is 0 Å². The lowest BCUT2D eigenvalue weighted by Gasteiger charge is -2.29. The Morgan fingerprint density at radius 1 is 1.11 bits per heavy atom. The molecule has 19 heavy (non-hydrogen) atoms. The van der Waals surface area contributed by atoms with E-state index >= 15 is 0 Å². The summed E-state index contributed by atoms with van der Waals surface area (Å²) in [6.07, 6.45) is 7.87. The number of hydrogen-bond acceptors (Lipinski definition) is 2. The van der Waals surface area contributed by atoms with Gasteiger partial charge in [0.1, 0.15) is 0 Å². The van der Waals surface area contributed by atoms with Gasteiger partial charge in [-0.25, -0.2) is 0 Å². The van der Waals surface area contributed by atoms with E-state index < -0.39 is 0 Å². The van der Waals surface area contributed by atoms with E-state index in [4.69, 9.17) is 23.2 Å². The van der Waals surface area contributed by atoms with Gasteiger partial charge in [0.2, 0.25) is 0 Å². The van der Waals surface area contributed by atoms with Crippen molar-refractivity contribution in [3.8, 4) is 0 Å². The first kappa shape index (κ1) is 15.5. The van der Waals surface area contributed by atoms with Crippen LogP contribution in [-0.2, 0) is 0 Å². The lowest BCUT2D eigenvalue weighted by atomic mass is 9.96. The SMILES string of the molecule is CNC1CCCCCCC1Sc1cc(Cl)ccc1Cl. The molecule has 0 amide bonds. The van der Waals surface area contributed by atoms with Gasteiger partial charge < -0.3 is 5.32 Å². The maximum atomic E-state index is 6.28. The molecule has 1 nitrogen and oxygen atoms in total. The molecule has 106 valence electrons. The van der Waals surface area contributed by atoms with E-state index in [0.717, 1.165) is 14.9 Å². The highest BCUT2D eigenvalue weighted by Gasteiger charge is 2.23. The normalized spacial score (nSPS) is 24.8. The summed E-state index contributed by atoms with van der Waals surface area (Å²) in [5.41, 5.74) is 0. The third kappa shape index (κ3) is 4.56. The molecule has 1 aliphatic carbocycles. The van der Waals surface area contributed by atoms with Gasteiger partial charge in [-0.1, -0.05) is 48.9 Å². The third-order valence-electron chi connectivity index (χ3n) is 3.74. The summed E-state index contributed by atoms with van der Waals surface area (Å²) >= 11 is 14.2. The number of halogens is 2. The molecule has 2 rings (SSSR count). The van der Waals surface area contributed by atoms with E-state index in [1.54, 1.807) is 0 Å². The van der Waals surface area contributed by atoms with E-state index in [1.807, 2.05) is 30.0 Å². The molecule has 4 heteroatoms. The molecule has 2 atom stereocenters. The molecule has 1 fully saturated rings. The molecule has 1 aromatic carbocycles. The fourth-order valence-electron chi connectivity index (χ4n) is 2.65. The van der Waals surface area contributed by atoms with Gasteiger partial charge in [0, 0.05) is 21.2 Å². The van der Waals surface area contributed by atoms with Crippen molar-refractivity contribution in [1.82, 2.24) is 5.32 Å². The van der Waals surface area contributed by atoms with Gasteiger partial charge in [0.15, 0.2) is 0 Å². The van der Waals surface area contributed by atoms with Crippen molar-refractivity contribution in [2.75, 3.05) is 7.05 Å². The largest absolute Gasteiger partial charge is 0.316 e. The number of rotatable bonds is 3. The average molecular weight is 318 g/mol. The van der Waals surface area contributed by atoms with Gasteiger partial charge >= 0.3 is 0 Å². The zero-order valence-corrected chi connectivity index (χ0v) is 13.6. The first-order valence-corrected chi connectivity index (χ1v) is 8.63. The van der Waals surface area contributed by atoms with Crippen molar-refractivity contribution in [3.63, 3.8) is 0 Å². The van der Waals surface area contributed by atoms with Crippen molar-refractivity contribution >= 4 is 35.0 Å². The van der Waals surface area contributed by atoms with Crippen molar-refractivity contribution in [2.45, 2.75) is 54.7 Å². The van der Waals surface area contributed by atoms with E-state index in [-0.39, 0.29) is 0 Å². The Morgan fingerprint density at radius 2 is 1.84 bits per heavy atom. The minimum atomic E-state index is 0.570. The second-order valence-corrected chi connectivity index (χ2v) is 7.24. The Balaban J connectivity index is 2.10. The summed E-state index contributed by atoms with van der Waals surface area (Å²) in [5.74, 6) is 0. The molecule has 0 saturated heterocycles. The van der Waals surface area contributed by atoms with Gasteiger partial charge in [0.25, 0.3) is 0 Å². The second-order valence-electron chi connectivity index (χ2n) is 5.12. The summed E-state index contributed by atoms with van der Waals surface area (Å²) in [6.45, 7) is 0. The standard InChI is InChI=1S/C15H21Cl2NS/c1-18-13-6-4-2-3-5-7-14(13)19-15-10-11(16)8-9-12(15)17/h8-10,13-14,18H,2-7H2,1H3. The summed E-state index contributed by atoms with van der Waals surface area (Å²) in [7, 11) is 2.07. The van der Waals surface area contributed by atoms with Gasteiger partial charge in [-0.15, -0.1) is 11.8 Å². The Morgan fingerprint density at radius 3 is 2.58 bits per heavy atom. The van der Waals surface area contributed by atoms with E-state index in [2.05, 4.69) is 12.4 Å². The maximum Gasteiger partial charge on any atom is 0.0543 e. The monoisotopic (exact) mass is 317 g/mol. The van der Waals surface area contributed by atoms with Crippen molar-refractivity contribution in [3.05, 3.63) is 28.2 Å². The molecular formula is C15H21Cl2NS. The molecule has 1 aliphatic rings. The number of nitrogens with one attached hydrogen (secondary N) is 1. The van der Waals surface area contributed by atoms with Gasteiger partial charge in [-0.05, 0) is 38.1 Å². The van der Waals surface area contributed by atoms with Crippen LogP contribution in [0.3, 0.4) is 0 Å². The fraction of sp³-hybridized carbons (Fsp3) is 0.600. The molecule has 0 radical (unpaired) electrons. The van der Waals surface area contributed by atoms with Crippen LogP contribution < -0.4 is 5.32 Å². The summed E-state index contributed by atoms with van der Waals surface area (Å²) in [5, 5.41) is 5.64. The molecule has 1 aromatic rings. The highest BCUT2D eigenvalue weighted by molar-refractivity contribution is 8.00. The molecule has 0 aliphatic heterocycles. The van der Waals surface area contributed by atoms with Crippen LogP contribution in [0.4, 0.5) is 0 Å². The topological polar surface area (TPSA) is 12.0 Å². The number of thioether (sulfide) groups is 1. The molecular weight excluding hydrogens is 297 g/mol. The van der Waals surface area contributed by atoms with Crippen LogP contribution in [0.1, 0.15) is 38.5 Å². The Kier molecular flexibility index (Phi) is 6.34. The first-order chi connectivity index (χ1) is 9.20. The van der Waals surface area contributed by atoms with Gasteiger partial charge in [0.05, 0.1) is 5.02 Å². The van der Waals surface area contributed by atoms with Crippen LogP contribution in [0.15, 0.2) is 23.1 Å². The van der Waals surface area contributed by atoms with E-state index in [9.17, 15) is 0 Å². The number of hydrogen-bond donors (Lipinski definition) is 1. The second kappa shape index (κ2) is 7.78. The summed E-state index contributed by atoms with van der Waals surface area (Å²) in [4.78, 5) is 1.11. The zero-order valence-electron chi connectivity index (χ0n) is 11.3. The van der Waals surface area contributed by atoms with Crippen LogP contribution in [0.25, 0.3) is 0 Å². The molecule has 1 saturated carbocycles. The molecule has 0 bridgehead atoms. The molecule has 0 heterocycles. The predicted octanol–water partition coefficient (Wildman–Crippen LogP) is 5.40. The van der Waals surface area contributed by atoms with Crippen LogP contribution in [-0.4, -0.2) is 18.3 Å². The summed E-state index contributed by atoms with van der Waals surface area (Å²) in [6, 6.07) is 6.30. The quantitative estimate of drug-likeness (QED) is 0.801. The Labute approximate surface area is 130 Å². The Bertz CT molecular complexity index is 411. The van der Waals surface area contributed by atoms with E-state index in [1.165, 1.54) is 38.5 Å². The fourth-order valence-corrected chi connectivity index (χ4v) is 4.56. The first-order valence-electron chi connectivity index (χ1n) is 6.99. The summed E-state index contributed by atoms with van der Waals surface area (Å²) < 4.78 is 0. The number of benzene rings is 1. The Hall–Kier alpha value is 0.110. The average Bonchev–Trinajstić information content (AvgIpc) is 2.37. The van der Waals surface area contributed by atoms with Crippen LogP contribution >= 0.6 is 35.0 Å². The van der Waals surface area contributed by atoms with Crippen LogP contribution in [0.5, 0.6) is 0 Å². The highest BCUT2D eigenvalue weighted by Crippen LogP contribution is 2.37. The minimum Gasteiger partial charge on any atom is -0.316 e. The van der Waals surface area contributed by atoms with Crippen LogP contribution in [0, 0.1) is 0 Å². The lowest BCUT2D eigenvalue weighted by Crippen LogP contribution is -2.36. The lowest BCUT2D eigenvalue weighted by molar-refractivity contribution is 0.420. The zero-order chi connectivity index (χ0) is 13.7. The van der Waals surface area contributed by atoms with Crippen molar-refractivity contribution in [1.29, 1.82) is 0 Å². The maximum absolute atomic E-state index is 6.28.